The average molecular weight is 255 g/mol. The number of nitrogens with zero attached hydrogens (tertiary/aromatic N) is 1. The maximum absolute atomic E-state index is 11.8. The summed E-state index contributed by atoms with van der Waals surface area (Å²) in [7, 11) is 0. The second-order valence-corrected chi connectivity index (χ2v) is 5.39. The van der Waals surface area contributed by atoms with Crippen LogP contribution in [0, 0.1) is 0 Å². The van der Waals surface area contributed by atoms with Gasteiger partial charge in [-0.3, -0.25) is 9.69 Å². The minimum Gasteiger partial charge on any atom is -0.466 e. The number of esters is 1. The van der Waals surface area contributed by atoms with Gasteiger partial charge in [-0.25, -0.2) is 0 Å². The summed E-state index contributed by atoms with van der Waals surface area (Å²) in [6, 6.07) is 0. The topological polar surface area (TPSA) is 38.8 Å². The molecule has 1 aliphatic heterocycles. The molecule has 0 amide bonds. The molecule has 1 heterocycles. The molecular weight excluding hydrogens is 230 g/mol. The van der Waals surface area contributed by atoms with Gasteiger partial charge >= 0.3 is 5.97 Å². The van der Waals surface area contributed by atoms with Crippen LogP contribution in [0.3, 0.4) is 0 Å². The monoisotopic (exact) mass is 255 g/mol. The lowest BCUT2D eigenvalue weighted by Gasteiger charge is -2.52. The average Bonchev–Trinajstić information content (AvgIpc) is 2.80. The lowest BCUT2D eigenvalue weighted by atomic mass is 9.70. The number of ether oxygens (including phenoxy) is 2. The van der Waals surface area contributed by atoms with Crippen molar-refractivity contribution >= 4 is 5.97 Å². The second-order valence-electron chi connectivity index (χ2n) is 5.39. The zero-order chi connectivity index (χ0) is 13.0. The largest absolute Gasteiger partial charge is 0.466 e. The van der Waals surface area contributed by atoms with E-state index in [-0.39, 0.29) is 11.5 Å². The quantitative estimate of drug-likeness (QED) is 0.680. The van der Waals surface area contributed by atoms with E-state index in [1.54, 1.807) is 0 Å². The van der Waals surface area contributed by atoms with Crippen molar-refractivity contribution in [3.8, 4) is 0 Å². The maximum atomic E-state index is 11.8. The Morgan fingerprint density at radius 1 is 1.22 bits per heavy atom. The molecule has 0 radical (unpaired) electrons. The molecule has 0 aromatic rings. The van der Waals surface area contributed by atoms with Crippen LogP contribution in [0.25, 0.3) is 0 Å². The molecule has 104 valence electrons. The fraction of sp³-hybridized carbons (Fsp3) is 0.929. The van der Waals surface area contributed by atoms with Crippen LogP contribution in [0.4, 0.5) is 0 Å². The first-order chi connectivity index (χ1) is 8.70. The Bertz CT molecular complexity index is 281. The molecule has 1 aliphatic carbocycles. The van der Waals surface area contributed by atoms with Crippen molar-refractivity contribution in [1.82, 2.24) is 4.90 Å². The van der Waals surface area contributed by atoms with E-state index in [4.69, 9.17) is 9.47 Å². The van der Waals surface area contributed by atoms with Gasteiger partial charge in [-0.2, -0.15) is 0 Å². The van der Waals surface area contributed by atoms with Crippen molar-refractivity contribution in [2.45, 2.75) is 57.6 Å². The first-order valence-corrected chi connectivity index (χ1v) is 7.22. The summed E-state index contributed by atoms with van der Waals surface area (Å²) < 4.78 is 10.8. The third-order valence-electron chi connectivity index (χ3n) is 4.17. The molecule has 1 saturated heterocycles. The molecule has 18 heavy (non-hydrogen) atoms. The van der Waals surface area contributed by atoms with Crippen molar-refractivity contribution in [3.63, 3.8) is 0 Å². The molecule has 0 aromatic heterocycles. The van der Waals surface area contributed by atoms with E-state index in [0.717, 1.165) is 32.5 Å². The number of likely N-dealkylation sites (tertiary alicyclic amines) is 1. The summed E-state index contributed by atoms with van der Waals surface area (Å²) in [5, 5.41) is 0. The van der Waals surface area contributed by atoms with Gasteiger partial charge in [0.05, 0.1) is 19.1 Å². The Labute approximate surface area is 110 Å². The second kappa shape index (κ2) is 6.02. The van der Waals surface area contributed by atoms with Crippen LogP contribution in [-0.4, -0.2) is 48.8 Å². The number of hydrogen-bond acceptors (Lipinski definition) is 4. The van der Waals surface area contributed by atoms with E-state index < -0.39 is 0 Å². The van der Waals surface area contributed by atoms with Crippen molar-refractivity contribution in [2.75, 3.05) is 26.3 Å². The zero-order valence-electron chi connectivity index (χ0n) is 11.6. The molecule has 0 unspecified atom stereocenters. The fourth-order valence-electron chi connectivity index (χ4n) is 3.33. The van der Waals surface area contributed by atoms with E-state index in [0.29, 0.717) is 19.1 Å². The Morgan fingerprint density at radius 2 is 1.89 bits per heavy atom. The summed E-state index contributed by atoms with van der Waals surface area (Å²) in [5.41, 5.74) is 0.0303. The molecule has 2 aliphatic rings. The molecule has 0 atom stereocenters. The van der Waals surface area contributed by atoms with Crippen LogP contribution < -0.4 is 0 Å². The molecule has 0 spiro atoms. The van der Waals surface area contributed by atoms with Crippen LogP contribution in [0.5, 0.6) is 0 Å². The number of rotatable bonds is 6. The molecule has 0 N–H and O–H groups in total. The van der Waals surface area contributed by atoms with Gasteiger partial charge in [0.25, 0.3) is 0 Å². The van der Waals surface area contributed by atoms with Gasteiger partial charge in [-0.15, -0.1) is 0 Å². The zero-order valence-corrected chi connectivity index (χ0v) is 11.6. The molecule has 4 nitrogen and oxygen atoms in total. The van der Waals surface area contributed by atoms with Crippen LogP contribution in [0.15, 0.2) is 0 Å². The smallest absolute Gasteiger partial charge is 0.307 e. The first-order valence-electron chi connectivity index (χ1n) is 7.22. The molecular formula is C14H25NO3. The van der Waals surface area contributed by atoms with Crippen molar-refractivity contribution in [1.29, 1.82) is 0 Å². The van der Waals surface area contributed by atoms with Crippen molar-refractivity contribution in [2.24, 2.45) is 0 Å². The molecule has 1 saturated carbocycles. The maximum Gasteiger partial charge on any atom is 0.307 e. The predicted octanol–water partition coefficient (Wildman–Crippen LogP) is 1.97. The Hall–Kier alpha value is -0.610. The highest BCUT2D eigenvalue weighted by Gasteiger charge is 2.50. The normalized spacial score (nSPS) is 32.2. The SMILES string of the molecule is CCOC(=O)CC1(N2CCCC2)CC(OCC)C1. The van der Waals surface area contributed by atoms with Crippen LogP contribution in [0.1, 0.15) is 46.0 Å². The molecule has 0 aromatic carbocycles. The third kappa shape index (κ3) is 2.86. The highest BCUT2D eigenvalue weighted by Crippen LogP contribution is 2.44. The predicted molar refractivity (Wildman–Crippen MR) is 69.4 cm³/mol. The number of hydrogen-bond donors (Lipinski definition) is 0. The first kappa shape index (κ1) is 13.8. The number of carbonyl (C=O) groups is 1. The summed E-state index contributed by atoms with van der Waals surface area (Å²) in [6.45, 7) is 7.38. The van der Waals surface area contributed by atoms with Gasteiger partial charge in [0.15, 0.2) is 0 Å². The summed E-state index contributed by atoms with van der Waals surface area (Å²) >= 11 is 0. The lowest BCUT2D eigenvalue weighted by Crippen LogP contribution is -2.60. The minimum absolute atomic E-state index is 0.0303. The standard InChI is InChI=1S/C14H25NO3/c1-3-17-12-9-14(10-12,11-13(16)18-4-2)15-7-5-6-8-15/h12H,3-11H2,1-2H3. The van der Waals surface area contributed by atoms with Crippen LogP contribution in [0.2, 0.25) is 0 Å². The van der Waals surface area contributed by atoms with Gasteiger partial charge in [0.1, 0.15) is 0 Å². The van der Waals surface area contributed by atoms with Gasteiger partial charge in [-0.1, -0.05) is 0 Å². The van der Waals surface area contributed by atoms with E-state index in [1.807, 2.05) is 13.8 Å². The van der Waals surface area contributed by atoms with E-state index in [9.17, 15) is 4.79 Å². The van der Waals surface area contributed by atoms with Crippen molar-refractivity contribution in [3.05, 3.63) is 0 Å². The van der Waals surface area contributed by atoms with E-state index >= 15 is 0 Å². The van der Waals surface area contributed by atoms with Crippen LogP contribution in [-0.2, 0) is 14.3 Å². The van der Waals surface area contributed by atoms with Crippen LogP contribution >= 0.6 is 0 Å². The van der Waals surface area contributed by atoms with Gasteiger partial charge in [-0.05, 0) is 52.6 Å². The summed E-state index contributed by atoms with van der Waals surface area (Å²) in [6.07, 6.45) is 5.35. The third-order valence-corrected chi connectivity index (χ3v) is 4.17. The van der Waals surface area contributed by atoms with Gasteiger partial charge in [0.2, 0.25) is 0 Å². The van der Waals surface area contributed by atoms with Crippen molar-refractivity contribution < 1.29 is 14.3 Å². The van der Waals surface area contributed by atoms with E-state index in [2.05, 4.69) is 4.90 Å². The molecule has 2 rings (SSSR count). The Kier molecular flexibility index (Phi) is 4.62. The minimum atomic E-state index is -0.0562. The fourth-order valence-corrected chi connectivity index (χ4v) is 3.33. The molecule has 2 fully saturated rings. The van der Waals surface area contributed by atoms with E-state index in [1.165, 1.54) is 12.8 Å². The highest BCUT2D eigenvalue weighted by atomic mass is 16.5. The Morgan fingerprint density at radius 3 is 2.44 bits per heavy atom. The molecule has 0 bridgehead atoms. The lowest BCUT2D eigenvalue weighted by molar-refractivity contribution is -0.155. The summed E-state index contributed by atoms with van der Waals surface area (Å²) in [5.74, 6) is -0.0562. The van der Waals surface area contributed by atoms with Gasteiger partial charge in [0, 0.05) is 12.1 Å². The summed E-state index contributed by atoms with van der Waals surface area (Å²) in [4.78, 5) is 14.3. The molecule has 4 heteroatoms. The highest BCUT2D eigenvalue weighted by molar-refractivity contribution is 5.71. The number of carbonyl (C=O) groups excluding carboxylic acids is 1. The Balaban J connectivity index is 1.94. The van der Waals surface area contributed by atoms with Gasteiger partial charge < -0.3 is 9.47 Å².